The van der Waals surface area contributed by atoms with Crippen molar-refractivity contribution in [2.24, 2.45) is 5.73 Å². The van der Waals surface area contributed by atoms with E-state index < -0.39 is 0 Å². The second-order valence-electron chi connectivity index (χ2n) is 3.40. The summed E-state index contributed by atoms with van der Waals surface area (Å²) in [4.78, 5) is 7.93. The van der Waals surface area contributed by atoms with Crippen LogP contribution >= 0.6 is 23.2 Å². The Kier molecular flexibility index (Phi) is 3.47. The van der Waals surface area contributed by atoms with Crippen LogP contribution in [0.25, 0.3) is 11.3 Å². The number of nitrogens with zero attached hydrogens (tertiary/aromatic N) is 2. The quantitative estimate of drug-likeness (QED) is 0.821. The zero-order valence-corrected chi connectivity index (χ0v) is 10.3. The predicted octanol–water partition coefficient (Wildman–Crippen LogP) is 2.49. The molecule has 2 rings (SSSR count). The van der Waals surface area contributed by atoms with E-state index in [0.29, 0.717) is 17.3 Å². The van der Waals surface area contributed by atoms with Crippen LogP contribution in [0.1, 0.15) is 5.56 Å². The Balaban J connectivity index is 2.63. The lowest BCUT2D eigenvalue weighted by Gasteiger charge is -2.09. The van der Waals surface area contributed by atoms with Crippen molar-refractivity contribution in [1.29, 1.82) is 0 Å². The minimum absolute atomic E-state index is 0.121. The molecule has 4 N–H and O–H groups in total. The molecule has 0 radical (unpaired) electrons. The summed E-state index contributed by atoms with van der Waals surface area (Å²) in [6.07, 6.45) is 0. The van der Waals surface area contributed by atoms with Crippen LogP contribution in [-0.4, -0.2) is 9.97 Å². The van der Waals surface area contributed by atoms with Gasteiger partial charge in [-0.15, -0.1) is 0 Å². The summed E-state index contributed by atoms with van der Waals surface area (Å²) in [6.45, 7) is 0.316. The molecule has 0 unspecified atom stereocenters. The van der Waals surface area contributed by atoms with Gasteiger partial charge in [-0.25, -0.2) is 9.97 Å². The van der Waals surface area contributed by atoms with Gasteiger partial charge in [-0.3, -0.25) is 0 Å². The summed E-state index contributed by atoms with van der Waals surface area (Å²) < 4.78 is 0. The molecule has 1 heterocycles. The third-order valence-electron chi connectivity index (χ3n) is 2.31. The number of hydrogen-bond acceptors (Lipinski definition) is 4. The average molecular weight is 269 g/mol. The van der Waals surface area contributed by atoms with Crippen molar-refractivity contribution >= 4 is 29.2 Å². The van der Waals surface area contributed by atoms with Gasteiger partial charge < -0.3 is 11.5 Å². The molecule has 4 nitrogen and oxygen atoms in total. The molecule has 0 aliphatic rings. The van der Waals surface area contributed by atoms with Gasteiger partial charge in [0.05, 0.1) is 5.69 Å². The molecule has 88 valence electrons. The van der Waals surface area contributed by atoms with Crippen LogP contribution in [0.5, 0.6) is 0 Å². The molecular weight excluding hydrogens is 259 g/mol. The number of rotatable bonds is 2. The highest BCUT2D eigenvalue weighted by molar-refractivity contribution is 6.32. The SMILES string of the molecule is NCc1c(Cl)cccc1-c1cc(Cl)nc(N)n1. The summed E-state index contributed by atoms with van der Waals surface area (Å²) in [7, 11) is 0. The van der Waals surface area contributed by atoms with Gasteiger partial charge in [0.1, 0.15) is 5.15 Å². The van der Waals surface area contributed by atoms with Crippen molar-refractivity contribution in [2.45, 2.75) is 6.54 Å². The molecule has 0 aliphatic heterocycles. The summed E-state index contributed by atoms with van der Waals surface area (Å²) >= 11 is 11.9. The highest BCUT2D eigenvalue weighted by atomic mass is 35.5. The van der Waals surface area contributed by atoms with Crippen molar-refractivity contribution in [1.82, 2.24) is 9.97 Å². The molecule has 0 saturated carbocycles. The third kappa shape index (κ3) is 2.49. The van der Waals surface area contributed by atoms with Gasteiger partial charge in [0, 0.05) is 23.2 Å². The number of hydrogen-bond donors (Lipinski definition) is 2. The molecular formula is C11H10Cl2N4. The van der Waals surface area contributed by atoms with Crippen LogP contribution in [0.4, 0.5) is 5.95 Å². The van der Waals surface area contributed by atoms with Crippen LogP contribution in [0.2, 0.25) is 10.2 Å². The summed E-state index contributed by atoms with van der Waals surface area (Å²) in [5, 5.41) is 0.883. The molecule has 0 amide bonds. The van der Waals surface area contributed by atoms with Crippen molar-refractivity contribution < 1.29 is 0 Å². The fourth-order valence-electron chi connectivity index (χ4n) is 1.58. The van der Waals surface area contributed by atoms with Crippen molar-refractivity contribution in [3.63, 3.8) is 0 Å². The van der Waals surface area contributed by atoms with E-state index in [1.807, 2.05) is 12.1 Å². The number of aromatic nitrogens is 2. The zero-order valence-electron chi connectivity index (χ0n) is 8.82. The zero-order chi connectivity index (χ0) is 12.4. The largest absolute Gasteiger partial charge is 0.368 e. The molecule has 0 bridgehead atoms. The van der Waals surface area contributed by atoms with E-state index in [-0.39, 0.29) is 11.1 Å². The van der Waals surface area contributed by atoms with Crippen LogP contribution in [0, 0.1) is 0 Å². The molecule has 0 fully saturated rings. The first-order valence-electron chi connectivity index (χ1n) is 4.89. The molecule has 17 heavy (non-hydrogen) atoms. The van der Waals surface area contributed by atoms with Crippen LogP contribution in [0.15, 0.2) is 24.3 Å². The number of nitrogens with two attached hydrogens (primary N) is 2. The van der Waals surface area contributed by atoms with Gasteiger partial charge in [-0.05, 0) is 11.6 Å². The molecule has 1 aromatic carbocycles. The molecule has 1 aromatic heterocycles. The minimum Gasteiger partial charge on any atom is -0.368 e. The maximum atomic E-state index is 6.07. The average Bonchev–Trinajstić information content (AvgIpc) is 2.27. The fraction of sp³-hybridized carbons (Fsp3) is 0.0909. The molecule has 6 heteroatoms. The molecule has 2 aromatic rings. The van der Waals surface area contributed by atoms with E-state index >= 15 is 0 Å². The lowest BCUT2D eigenvalue weighted by Crippen LogP contribution is -2.02. The van der Waals surface area contributed by atoms with E-state index in [1.165, 1.54) is 0 Å². The van der Waals surface area contributed by atoms with E-state index in [9.17, 15) is 0 Å². The topological polar surface area (TPSA) is 77.8 Å². The number of nitrogen functional groups attached to an aromatic ring is 1. The number of halogens is 2. The summed E-state index contributed by atoms with van der Waals surface area (Å²) in [5.41, 5.74) is 13.5. The van der Waals surface area contributed by atoms with Crippen molar-refractivity contribution in [3.05, 3.63) is 40.0 Å². The second kappa shape index (κ2) is 4.87. The Labute approximate surface area is 109 Å². The van der Waals surface area contributed by atoms with E-state index in [0.717, 1.165) is 11.1 Å². The monoisotopic (exact) mass is 268 g/mol. The Morgan fingerprint density at radius 2 is 1.94 bits per heavy atom. The first kappa shape index (κ1) is 12.1. The Bertz CT molecular complexity index is 537. The highest BCUT2D eigenvalue weighted by Gasteiger charge is 2.10. The van der Waals surface area contributed by atoms with Crippen molar-refractivity contribution in [3.8, 4) is 11.3 Å². The maximum Gasteiger partial charge on any atom is 0.221 e. The molecule has 0 saturated heterocycles. The maximum absolute atomic E-state index is 6.07. The third-order valence-corrected chi connectivity index (χ3v) is 2.86. The van der Waals surface area contributed by atoms with E-state index in [2.05, 4.69) is 9.97 Å². The van der Waals surface area contributed by atoms with Gasteiger partial charge >= 0.3 is 0 Å². The Morgan fingerprint density at radius 1 is 1.18 bits per heavy atom. The lowest BCUT2D eigenvalue weighted by molar-refractivity contribution is 1.07. The van der Waals surface area contributed by atoms with Crippen molar-refractivity contribution in [2.75, 3.05) is 5.73 Å². The Hall–Kier alpha value is -1.36. The first-order chi connectivity index (χ1) is 8.11. The van der Waals surface area contributed by atoms with E-state index in [4.69, 9.17) is 34.7 Å². The lowest BCUT2D eigenvalue weighted by atomic mass is 10.0. The summed E-state index contributed by atoms with van der Waals surface area (Å²) in [5.74, 6) is 0.121. The number of benzene rings is 1. The second-order valence-corrected chi connectivity index (χ2v) is 4.20. The highest BCUT2D eigenvalue weighted by Crippen LogP contribution is 2.28. The van der Waals surface area contributed by atoms with Gasteiger partial charge in [0.2, 0.25) is 5.95 Å². The van der Waals surface area contributed by atoms with Gasteiger partial charge in [-0.2, -0.15) is 0 Å². The van der Waals surface area contributed by atoms with Crippen LogP contribution in [-0.2, 0) is 6.54 Å². The fourth-order valence-corrected chi connectivity index (χ4v) is 2.02. The normalized spacial score (nSPS) is 10.5. The molecule has 0 atom stereocenters. The smallest absolute Gasteiger partial charge is 0.221 e. The number of anilines is 1. The molecule has 0 aliphatic carbocycles. The van der Waals surface area contributed by atoms with Crippen LogP contribution in [0.3, 0.4) is 0 Å². The predicted molar refractivity (Wildman–Crippen MR) is 69.8 cm³/mol. The van der Waals surface area contributed by atoms with Crippen LogP contribution < -0.4 is 11.5 Å². The Morgan fingerprint density at radius 3 is 2.59 bits per heavy atom. The summed E-state index contributed by atoms with van der Waals surface area (Å²) in [6, 6.07) is 7.09. The van der Waals surface area contributed by atoms with E-state index in [1.54, 1.807) is 12.1 Å². The van der Waals surface area contributed by atoms with Gasteiger partial charge in [-0.1, -0.05) is 35.3 Å². The van der Waals surface area contributed by atoms with Gasteiger partial charge in [0.25, 0.3) is 0 Å². The standard InChI is InChI=1S/C11H10Cl2N4/c12-8-3-1-2-6(7(8)5-14)9-4-10(13)17-11(15)16-9/h1-4H,5,14H2,(H2,15,16,17). The minimum atomic E-state index is 0.121. The molecule has 0 spiro atoms. The first-order valence-corrected chi connectivity index (χ1v) is 5.65. The van der Waals surface area contributed by atoms with Gasteiger partial charge in [0.15, 0.2) is 0 Å².